The van der Waals surface area contributed by atoms with Crippen molar-refractivity contribution in [2.45, 2.75) is 26.2 Å². The van der Waals surface area contributed by atoms with Crippen LogP contribution in [-0.4, -0.2) is 65.8 Å². The smallest absolute Gasteiger partial charge is 0.312 e. The van der Waals surface area contributed by atoms with E-state index in [0.29, 0.717) is 39.6 Å². The zero-order valence-electron chi connectivity index (χ0n) is 13.3. The van der Waals surface area contributed by atoms with Crippen molar-refractivity contribution in [1.29, 1.82) is 0 Å². The van der Waals surface area contributed by atoms with Crippen molar-refractivity contribution < 1.29 is 23.7 Å². The molecule has 0 spiro atoms. The molecule has 1 fully saturated rings. The van der Waals surface area contributed by atoms with Gasteiger partial charge < -0.3 is 24.3 Å². The normalized spacial score (nSPS) is 17.6. The SMILES string of the molecule is CCC1(C(=O)OCCOCCOCCOC)CCNCC1. The maximum atomic E-state index is 12.2. The summed E-state index contributed by atoms with van der Waals surface area (Å²) in [5, 5.41) is 3.28. The Kier molecular flexibility index (Phi) is 9.58. The molecule has 0 saturated carbocycles. The van der Waals surface area contributed by atoms with E-state index in [9.17, 15) is 4.79 Å². The monoisotopic (exact) mass is 303 g/mol. The summed E-state index contributed by atoms with van der Waals surface area (Å²) in [5.41, 5.74) is -0.297. The molecule has 6 nitrogen and oxygen atoms in total. The summed E-state index contributed by atoms with van der Waals surface area (Å²) >= 11 is 0. The number of carbonyl (C=O) groups is 1. The van der Waals surface area contributed by atoms with Gasteiger partial charge in [0.2, 0.25) is 0 Å². The van der Waals surface area contributed by atoms with Crippen LogP contribution in [0.25, 0.3) is 0 Å². The molecule has 1 saturated heterocycles. The Morgan fingerprint density at radius 3 is 2.14 bits per heavy atom. The number of piperidine rings is 1. The fourth-order valence-corrected chi connectivity index (χ4v) is 2.42. The second kappa shape index (κ2) is 11.0. The van der Waals surface area contributed by atoms with E-state index in [1.54, 1.807) is 7.11 Å². The van der Waals surface area contributed by atoms with E-state index < -0.39 is 0 Å². The second-order valence-corrected chi connectivity index (χ2v) is 5.24. The summed E-state index contributed by atoms with van der Waals surface area (Å²) in [5.74, 6) is -0.0774. The highest BCUT2D eigenvalue weighted by Crippen LogP contribution is 2.33. The number of hydrogen-bond donors (Lipinski definition) is 1. The molecule has 6 heteroatoms. The van der Waals surface area contributed by atoms with Gasteiger partial charge in [-0.3, -0.25) is 4.79 Å². The number of rotatable bonds is 11. The lowest BCUT2D eigenvalue weighted by Crippen LogP contribution is -2.43. The zero-order valence-corrected chi connectivity index (χ0v) is 13.3. The van der Waals surface area contributed by atoms with E-state index in [-0.39, 0.29) is 11.4 Å². The highest BCUT2D eigenvalue weighted by Gasteiger charge is 2.39. The van der Waals surface area contributed by atoms with Gasteiger partial charge in [0.25, 0.3) is 0 Å². The minimum Gasteiger partial charge on any atom is -0.463 e. The molecule has 0 aliphatic carbocycles. The van der Waals surface area contributed by atoms with Gasteiger partial charge in [-0.1, -0.05) is 6.92 Å². The lowest BCUT2D eigenvalue weighted by molar-refractivity contribution is -0.159. The van der Waals surface area contributed by atoms with Gasteiger partial charge >= 0.3 is 5.97 Å². The van der Waals surface area contributed by atoms with Crippen molar-refractivity contribution in [3.63, 3.8) is 0 Å². The number of ether oxygens (including phenoxy) is 4. The molecule has 21 heavy (non-hydrogen) atoms. The third kappa shape index (κ3) is 6.74. The maximum absolute atomic E-state index is 12.2. The molecule has 0 aromatic carbocycles. The number of methoxy groups -OCH3 is 1. The molecule has 1 N–H and O–H groups in total. The molecule has 0 amide bonds. The second-order valence-electron chi connectivity index (χ2n) is 5.24. The van der Waals surface area contributed by atoms with Crippen LogP contribution in [0.2, 0.25) is 0 Å². The Balaban J connectivity index is 2.05. The van der Waals surface area contributed by atoms with E-state index in [1.807, 2.05) is 0 Å². The van der Waals surface area contributed by atoms with Crippen LogP contribution in [0, 0.1) is 5.41 Å². The fraction of sp³-hybridized carbons (Fsp3) is 0.933. The Morgan fingerprint density at radius 2 is 1.57 bits per heavy atom. The van der Waals surface area contributed by atoms with Crippen LogP contribution >= 0.6 is 0 Å². The van der Waals surface area contributed by atoms with Crippen LogP contribution in [0.15, 0.2) is 0 Å². The molecule has 0 aromatic heterocycles. The molecule has 0 atom stereocenters. The van der Waals surface area contributed by atoms with E-state index in [0.717, 1.165) is 32.4 Å². The fourth-order valence-electron chi connectivity index (χ4n) is 2.42. The minimum atomic E-state index is -0.297. The van der Waals surface area contributed by atoms with Crippen LogP contribution in [0.4, 0.5) is 0 Å². The van der Waals surface area contributed by atoms with Crippen molar-refractivity contribution in [3.05, 3.63) is 0 Å². The molecular weight excluding hydrogens is 274 g/mol. The van der Waals surface area contributed by atoms with Crippen LogP contribution in [0.5, 0.6) is 0 Å². The summed E-state index contributed by atoms with van der Waals surface area (Å²) in [6.45, 7) is 6.75. The van der Waals surface area contributed by atoms with Crippen molar-refractivity contribution >= 4 is 5.97 Å². The van der Waals surface area contributed by atoms with Crippen LogP contribution in [0.1, 0.15) is 26.2 Å². The van der Waals surface area contributed by atoms with E-state index >= 15 is 0 Å². The predicted octanol–water partition coefficient (Wildman–Crippen LogP) is 0.989. The Morgan fingerprint density at radius 1 is 1.00 bits per heavy atom. The quantitative estimate of drug-likeness (QED) is 0.453. The van der Waals surface area contributed by atoms with Crippen LogP contribution in [-0.2, 0) is 23.7 Å². The summed E-state index contributed by atoms with van der Waals surface area (Å²) in [6, 6.07) is 0. The first-order valence-electron chi connectivity index (χ1n) is 7.77. The van der Waals surface area contributed by atoms with Gasteiger partial charge in [0.1, 0.15) is 6.61 Å². The first kappa shape index (κ1) is 18.4. The summed E-state index contributed by atoms with van der Waals surface area (Å²) in [4.78, 5) is 12.2. The van der Waals surface area contributed by atoms with E-state index in [1.165, 1.54) is 0 Å². The minimum absolute atomic E-state index is 0.0774. The number of hydrogen-bond acceptors (Lipinski definition) is 6. The lowest BCUT2D eigenvalue weighted by atomic mass is 9.77. The van der Waals surface area contributed by atoms with Crippen molar-refractivity contribution in [3.8, 4) is 0 Å². The average molecular weight is 303 g/mol. The third-order valence-electron chi connectivity index (χ3n) is 3.94. The van der Waals surface area contributed by atoms with Gasteiger partial charge in [-0.15, -0.1) is 0 Å². The zero-order chi connectivity index (χ0) is 15.4. The molecule has 1 heterocycles. The Hall–Kier alpha value is -0.690. The largest absolute Gasteiger partial charge is 0.463 e. The molecular formula is C15H29NO5. The van der Waals surface area contributed by atoms with Gasteiger partial charge in [-0.25, -0.2) is 0 Å². The molecule has 124 valence electrons. The highest BCUT2D eigenvalue weighted by molar-refractivity contribution is 5.77. The van der Waals surface area contributed by atoms with Crippen LogP contribution < -0.4 is 5.32 Å². The Labute approximate surface area is 127 Å². The van der Waals surface area contributed by atoms with Gasteiger partial charge in [-0.05, 0) is 32.4 Å². The first-order valence-corrected chi connectivity index (χ1v) is 7.77. The Bertz CT molecular complexity index is 279. The summed E-state index contributed by atoms with van der Waals surface area (Å²) < 4.78 is 20.9. The predicted molar refractivity (Wildman–Crippen MR) is 79.3 cm³/mol. The topological polar surface area (TPSA) is 66.0 Å². The number of carbonyl (C=O) groups excluding carboxylic acids is 1. The van der Waals surface area contributed by atoms with Crippen molar-refractivity contribution in [2.75, 3.05) is 59.8 Å². The lowest BCUT2D eigenvalue weighted by Gasteiger charge is -2.34. The molecule has 0 radical (unpaired) electrons. The third-order valence-corrected chi connectivity index (χ3v) is 3.94. The van der Waals surface area contributed by atoms with Gasteiger partial charge in [0.05, 0.1) is 38.4 Å². The van der Waals surface area contributed by atoms with Gasteiger partial charge in [-0.2, -0.15) is 0 Å². The molecule has 0 aromatic rings. The first-order chi connectivity index (χ1) is 10.2. The molecule has 1 aliphatic rings. The standard InChI is InChI=1S/C15H29NO5/c1-3-15(4-6-16-7-5-15)14(17)21-13-12-20-11-10-19-9-8-18-2/h16H,3-13H2,1-2H3. The van der Waals surface area contributed by atoms with Gasteiger partial charge in [0.15, 0.2) is 0 Å². The molecule has 1 rings (SSSR count). The summed E-state index contributed by atoms with van der Waals surface area (Å²) in [6.07, 6.45) is 2.55. The maximum Gasteiger partial charge on any atom is 0.312 e. The number of nitrogens with one attached hydrogen (secondary N) is 1. The molecule has 0 bridgehead atoms. The van der Waals surface area contributed by atoms with Crippen molar-refractivity contribution in [2.24, 2.45) is 5.41 Å². The highest BCUT2D eigenvalue weighted by atomic mass is 16.6. The van der Waals surface area contributed by atoms with Gasteiger partial charge in [0, 0.05) is 7.11 Å². The summed E-state index contributed by atoms with van der Waals surface area (Å²) in [7, 11) is 1.64. The van der Waals surface area contributed by atoms with Crippen molar-refractivity contribution in [1.82, 2.24) is 5.32 Å². The molecule has 1 aliphatic heterocycles. The van der Waals surface area contributed by atoms with Crippen LogP contribution in [0.3, 0.4) is 0 Å². The average Bonchev–Trinajstić information content (AvgIpc) is 2.53. The molecule has 0 unspecified atom stereocenters. The number of esters is 1. The van der Waals surface area contributed by atoms with E-state index in [2.05, 4.69) is 12.2 Å². The van der Waals surface area contributed by atoms with E-state index in [4.69, 9.17) is 18.9 Å².